The molecular weight excluding hydrogens is 260 g/mol. The molecule has 0 atom stereocenters. The van der Waals surface area contributed by atoms with Gasteiger partial charge in [0.2, 0.25) is 5.91 Å². The third kappa shape index (κ3) is 5.34. The van der Waals surface area contributed by atoms with Gasteiger partial charge in [-0.15, -0.1) is 0 Å². The minimum atomic E-state index is -1.06. The number of carbonyl (C=O) groups is 3. The fraction of sp³-hybridized carbons (Fsp3) is 0.214. The Morgan fingerprint density at radius 2 is 2.00 bits per heavy atom. The summed E-state index contributed by atoms with van der Waals surface area (Å²) >= 11 is 0. The highest BCUT2D eigenvalue weighted by molar-refractivity contribution is 5.97. The summed E-state index contributed by atoms with van der Waals surface area (Å²) in [5, 5.41) is 13.6. The number of likely N-dealkylation sites (N-methyl/N-ethyl adjacent to an activating group) is 1. The number of carboxylic acids is 1. The fourth-order valence-electron chi connectivity index (χ4n) is 1.47. The number of aliphatic carboxylic acids is 1. The van der Waals surface area contributed by atoms with Gasteiger partial charge in [-0.25, -0.2) is 4.79 Å². The summed E-state index contributed by atoms with van der Waals surface area (Å²) < 4.78 is 0. The summed E-state index contributed by atoms with van der Waals surface area (Å²) in [6.07, 6.45) is 2.38. The molecule has 0 aliphatic heterocycles. The molecule has 1 rings (SSSR count). The summed E-state index contributed by atoms with van der Waals surface area (Å²) in [6.45, 7) is 2.20. The standard InChI is InChI=1S/C14H16N2O4/c1-2-15-12(17)9-16-14(20)11-5-3-4-10(8-11)6-7-13(18)19/h3-8H,2,9H2,1H3,(H,15,17)(H,16,20)(H,18,19). The second-order valence-corrected chi connectivity index (χ2v) is 3.93. The van der Waals surface area contributed by atoms with Gasteiger partial charge in [0, 0.05) is 18.2 Å². The Bertz CT molecular complexity index is 538. The highest BCUT2D eigenvalue weighted by Crippen LogP contribution is 2.07. The summed E-state index contributed by atoms with van der Waals surface area (Å²) in [5.41, 5.74) is 0.958. The Hall–Kier alpha value is -2.63. The monoisotopic (exact) mass is 276 g/mol. The van der Waals surface area contributed by atoms with Gasteiger partial charge in [0.15, 0.2) is 0 Å². The zero-order chi connectivity index (χ0) is 15.0. The zero-order valence-corrected chi connectivity index (χ0v) is 11.1. The Kier molecular flexibility index (Phi) is 5.96. The molecule has 20 heavy (non-hydrogen) atoms. The van der Waals surface area contributed by atoms with Crippen LogP contribution in [0.5, 0.6) is 0 Å². The van der Waals surface area contributed by atoms with E-state index in [0.29, 0.717) is 17.7 Å². The summed E-state index contributed by atoms with van der Waals surface area (Å²) in [5.74, 6) is -1.71. The van der Waals surface area contributed by atoms with E-state index in [-0.39, 0.29) is 18.4 Å². The van der Waals surface area contributed by atoms with Crippen molar-refractivity contribution >= 4 is 23.9 Å². The van der Waals surface area contributed by atoms with Crippen molar-refractivity contribution in [2.24, 2.45) is 0 Å². The first-order chi connectivity index (χ1) is 9.52. The average Bonchev–Trinajstić information content (AvgIpc) is 2.43. The van der Waals surface area contributed by atoms with Crippen LogP contribution in [0.15, 0.2) is 30.3 Å². The first-order valence-corrected chi connectivity index (χ1v) is 6.09. The van der Waals surface area contributed by atoms with Crippen LogP contribution in [0.1, 0.15) is 22.8 Å². The van der Waals surface area contributed by atoms with Gasteiger partial charge in [-0.1, -0.05) is 12.1 Å². The molecule has 0 radical (unpaired) electrons. The number of carbonyl (C=O) groups excluding carboxylic acids is 2. The molecule has 106 valence electrons. The minimum absolute atomic E-state index is 0.0954. The molecule has 3 N–H and O–H groups in total. The van der Waals surface area contributed by atoms with Crippen molar-refractivity contribution in [3.63, 3.8) is 0 Å². The molecule has 0 aliphatic rings. The van der Waals surface area contributed by atoms with Gasteiger partial charge in [-0.3, -0.25) is 9.59 Å². The maximum absolute atomic E-state index is 11.8. The number of hydrogen-bond acceptors (Lipinski definition) is 3. The predicted molar refractivity (Wildman–Crippen MR) is 74.1 cm³/mol. The van der Waals surface area contributed by atoms with E-state index in [1.807, 2.05) is 0 Å². The van der Waals surface area contributed by atoms with Crippen molar-refractivity contribution < 1.29 is 19.5 Å². The number of nitrogens with one attached hydrogen (secondary N) is 2. The zero-order valence-electron chi connectivity index (χ0n) is 11.1. The lowest BCUT2D eigenvalue weighted by molar-refractivity contribution is -0.131. The van der Waals surface area contributed by atoms with Crippen LogP contribution in [0.3, 0.4) is 0 Å². The molecule has 0 heterocycles. The van der Waals surface area contributed by atoms with Gasteiger partial charge < -0.3 is 15.7 Å². The first-order valence-electron chi connectivity index (χ1n) is 6.09. The van der Waals surface area contributed by atoms with Crippen molar-refractivity contribution in [1.29, 1.82) is 0 Å². The quantitative estimate of drug-likeness (QED) is 0.665. The molecule has 0 fully saturated rings. The van der Waals surface area contributed by atoms with E-state index in [1.54, 1.807) is 31.2 Å². The molecular formula is C14H16N2O4. The smallest absolute Gasteiger partial charge is 0.328 e. The van der Waals surface area contributed by atoms with Crippen molar-refractivity contribution in [3.05, 3.63) is 41.5 Å². The highest BCUT2D eigenvalue weighted by Gasteiger charge is 2.07. The summed E-state index contributed by atoms with van der Waals surface area (Å²) in [6, 6.07) is 6.46. The predicted octanol–water partition coefficient (Wildman–Crippen LogP) is 0.650. The normalized spacial score (nSPS) is 10.2. The first kappa shape index (κ1) is 15.4. The highest BCUT2D eigenvalue weighted by atomic mass is 16.4. The van der Waals surface area contributed by atoms with E-state index in [2.05, 4.69) is 10.6 Å². The van der Waals surface area contributed by atoms with Crippen LogP contribution >= 0.6 is 0 Å². The van der Waals surface area contributed by atoms with E-state index in [4.69, 9.17) is 5.11 Å². The second-order valence-electron chi connectivity index (χ2n) is 3.93. The molecule has 0 saturated heterocycles. The third-order valence-corrected chi connectivity index (χ3v) is 2.35. The van der Waals surface area contributed by atoms with E-state index >= 15 is 0 Å². The number of rotatable bonds is 6. The van der Waals surface area contributed by atoms with Crippen molar-refractivity contribution in [3.8, 4) is 0 Å². The van der Waals surface area contributed by atoms with Gasteiger partial charge >= 0.3 is 5.97 Å². The van der Waals surface area contributed by atoms with E-state index in [0.717, 1.165) is 6.08 Å². The van der Waals surface area contributed by atoms with Crippen LogP contribution in [0.2, 0.25) is 0 Å². The minimum Gasteiger partial charge on any atom is -0.478 e. The number of carboxylic acid groups (broad SMARTS) is 1. The van der Waals surface area contributed by atoms with Crippen LogP contribution in [0, 0.1) is 0 Å². The molecule has 6 heteroatoms. The Morgan fingerprint density at radius 1 is 1.25 bits per heavy atom. The molecule has 0 bridgehead atoms. The maximum Gasteiger partial charge on any atom is 0.328 e. The van der Waals surface area contributed by atoms with Gasteiger partial charge in [0.05, 0.1) is 6.54 Å². The van der Waals surface area contributed by atoms with Crippen molar-refractivity contribution in [2.45, 2.75) is 6.92 Å². The molecule has 1 aromatic rings. The molecule has 0 saturated carbocycles. The molecule has 6 nitrogen and oxygen atoms in total. The number of hydrogen-bond donors (Lipinski definition) is 3. The molecule has 0 unspecified atom stereocenters. The van der Waals surface area contributed by atoms with Crippen LogP contribution in [-0.2, 0) is 9.59 Å². The number of amides is 2. The Balaban J connectivity index is 2.66. The van der Waals surface area contributed by atoms with Gasteiger partial charge in [0.25, 0.3) is 5.91 Å². The number of benzene rings is 1. The van der Waals surface area contributed by atoms with Crippen LogP contribution < -0.4 is 10.6 Å². The topological polar surface area (TPSA) is 95.5 Å². The lowest BCUT2D eigenvalue weighted by Crippen LogP contribution is -2.36. The average molecular weight is 276 g/mol. The molecule has 2 amide bonds. The Morgan fingerprint density at radius 3 is 2.65 bits per heavy atom. The van der Waals surface area contributed by atoms with Crippen LogP contribution in [-0.4, -0.2) is 36.0 Å². The summed E-state index contributed by atoms with van der Waals surface area (Å²) in [7, 11) is 0. The largest absolute Gasteiger partial charge is 0.478 e. The lowest BCUT2D eigenvalue weighted by Gasteiger charge is -2.05. The van der Waals surface area contributed by atoms with Crippen molar-refractivity contribution in [1.82, 2.24) is 10.6 Å². The van der Waals surface area contributed by atoms with Crippen molar-refractivity contribution in [2.75, 3.05) is 13.1 Å². The van der Waals surface area contributed by atoms with Crippen LogP contribution in [0.25, 0.3) is 6.08 Å². The van der Waals surface area contributed by atoms with E-state index in [1.165, 1.54) is 6.08 Å². The molecule has 0 aromatic heterocycles. The van der Waals surface area contributed by atoms with Gasteiger partial charge in [0.1, 0.15) is 0 Å². The third-order valence-electron chi connectivity index (χ3n) is 2.35. The fourth-order valence-corrected chi connectivity index (χ4v) is 1.47. The van der Waals surface area contributed by atoms with E-state index < -0.39 is 5.97 Å². The van der Waals surface area contributed by atoms with Crippen LogP contribution in [0.4, 0.5) is 0 Å². The Labute approximate surface area is 116 Å². The maximum atomic E-state index is 11.8. The van der Waals surface area contributed by atoms with Gasteiger partial charge in [-0.2, -0.15) is 0 Å². The van der Waals surface area contributed by atoms with E-state index in [9.17, 15) is 14.4 Å². The summed E-state index contributed by atoms with van der Waals surface area (Å²) in [4.78, 5) is 33.5. The molecule has 0 spiro atoms. The SMILES string of the molecule is CCNC(=O)CNC(=O)c1cccc(C=CC(=O)O)c1. The lowest BCUT2D eigenvalue weighted by atomic mass is 10.1. The molecule has 1 aromatic carbocycles. The van der Waals surface area contributed by atoms with Gasteiger partial charge in [-0.05, 0) is 30.7 Å². The molecule has 0 aliphatic carbocycles. The second kappa shape index (κ2) is 7.73.